The van der Waals surface area contributed by atoms with Gasteiger partial charge in [0.25, 0.3) is 7.82 Å². The van der Waals surface area contributed by atoms with Crippen LogP contribution in [-0.2, 0) is 41.5 Å². The van der Waals surface area contributed by atoms with E-state index in [4.69, 9.17) is 28.7 Å². The molecular weight excluding hydrogens is 902 g/mol. The SMILES string of the molecule is CCCCCCCCCCCCCCCCOC[C@@H](COP(=O)([O-])OP(=O)(O)OC[C@H]1O[C@@H](n2ccc(=N)nc2[O-])[C@@H](O)[C@@H]1O)OC(=O)CCCCCCCCCCCCCCC.[Na+].[Na+]. The van der Waals surface area contributed by atoms with Gasteiger partial charge in [-0.2, -0.15) is 0 Å². The minimum Gasteiger partial charge on any atom is -0.846 e. The predicted octanol–water partition coefficient (Wildman–Crippen LogP) is 2.57. The third-order valence-electron chi connectivity index (χ3n) is 11.2. The van der Waals surface area contributed by atoms with Crippen molar-refractivity contribution in [2.75, 3.05) is 26.4 Å². The topological polar surface area (TPSA) is 255 Å². The van der Waals surface area contributed by atoms with Crippen LogP contribution in [0.1, 0.15) is 200 Å². The number of nitrogens with zero attached hydrogens (tertiary/aromatic N) is 2. The zero-order valence-electron chi connectivity index (χ0n) is 40.3. The van der Waals surface area contributed by atoms with E-state index in [9.17, 15) is 39.0 Å². The van der Waals surface area contributed by atoms with E-state index in [2.05, 4.69) is 23.1 Å². The summed E-state index contributed by atoms with van der Waals surface area (Å²) in [5.74, 6) is -0.547. The molecule has 0 radical (unpaired) electrons. The van der Waals surface area contributed by atoms with Gasteiger partial charge in [-0.1, -0.05) is 174 Å². The zero-order valence-corrected chi connectivity index (χ0v) is 46.1. The molecule has 1 aliphatic rings. The Morgan fingerprint density at radius 1 is 0.754 bits per heavy atom. The maximum atomic E-state index is 12.8. The Morgan fingerprint density at radius 3 is 1.69 bits per heavy atom. The van der Waals surface area contributed by atoms with Gasteiger partial charge in [-0.05, 0) is 18.9 Å². The third kappa shape index (κ3) is 32.0. The molecule has 2 heterocycles. The van der Waals surface area contributed by atoms with Crippen molar-refractivity contribution in [1.82, 2.24) is 9.55 Å². The molecule has 368 valence electrons. The Morgan fingerprint density at radius 2 is 1.22 bits per heavy atom. The van der Waals surface area contributed by atoms with Crippen LogP contribution in [0, 0.1) is 5.41 Å². The first kappa shape index (κ1) is 65.2. The zero-order chi connectivity index (χ0) is 46.2. The van der Waals surface area contributed by atoms with Crippen LogP contribution in [0.5, 0.6) is 6.01 Å². The number of rotatable bonds is 41. The van der Waals surface area contributed by atoms with E-state index >= 15 is 0 Å². The molecule has 21 heteroatoms. The largest absolute Gasteiger partial charge is 1.00 e. The van der Waals surface area contributed by atoms with Gasteiger partial charge in [0.2, 0.25) is 0 Å². The predicted molar refractivity (Wildman–Crippen MR) is 235 cm³/mol. The number of aliphatic hydroxyl groups is 2. The van der Waals surface area contributed by atoms with Gasteiger partial charge in [0, 0.05) is 19.2 Å². The van der Waals surface area contributed by atoms with Crippen molar-refractivity contribution in [3.8, 4) is 6.01 Å². The number of phosphoric acid groups is 2. The van der Waals surface area contributed by atoms with Crippen molar-refractivity contribution in [2.45, 2.75) is 224 Å². The normalized spacial score (nSPS) is 19.5. The van der Waals surface area contributed by atoms with Crippen molar-refractivity contribution in [3.63, 3.8) is 0 Å². The number of hydrogen-bond donors (Lipinski definition) is 4. The summed E-state index contributed by atoms with van der Waals surface area (Å²) in [5.41, 5.74) is -0.339. The quantitative estimate of drug-likeness (QED) is 0.0319. The number of carbonyl (C=O) groups is 1. The van der Waals surface area contributed by atoms with Crippen LogP contribution in [-0.4, -0.2) is 81.5 Å². The van der Waals surface area contributed by atoms with E-state index in [0.717, 1.165) is 61.8 Å². The number of hydrogen-bond acceptors (Lipinski definition) is 15. The Balaban J connectivity index is 0.0000205. The fourth-order valence-corrected chi connectivity index (χ4v) is 9.55. The number of nitrogens with one attached hydrogen (secondary N) is 1. The van der Waals surface area contributed by atoms with Crippen molar-refractivity contribution in [1.29, 1.82) is 5.41 Å². The minimum absolute atomic E-state index is 0. The average Bonchev–Trinajstić information content (AvgIpc) is 3.51. The molecule has 1 aromatic rings. The Kier molecular flexibility index (Phi) is 40.1. The molecule has 0 spiro atoms. The summed E-state index contributed by atoms with van der Waals surface area (Å²) >= 11 is 0. The van der Waals surface area contributed by atoms with Crippen LogP contribution in [0.3, 0.4) is 0 Å². The number of carbonyl (C=O) groups excluding carboxylic acids is 1. The van der Waals surface area contributed by atoms with Gasteiger partial charge in [0.05, 0.1) is 25.8 Å². The van der Waals surface area contributed by atoms with E-state index in [1.807, 2.05) is 0 Å². The number of phosphoric ester groups is 2. The van der Waals surface area contributed by atoms with Gasteiger partial charge in [-0.3, -0.25) is 19.3 Å². The second kappa shape index (κ2) is 39.9. The molecule has 2 rings (SSSR count). The van der Waals surface area contributed by atoms with Crippen LogP contribution in [0.25, 0.3) is 0 Å². The number of esters is 1. The van der Waals surface area contributed by atoms with Gasteiger partial charge in [0.15, 0.2) is 6.23 Å². The Labute approximate surface area is 433 Å². The second-order valence-corrected chi connectivity index (χ2v) is 19.9. The van der Waals surface area contributed by atoms with Crippen LogP contribution >= 0.6 is 15.6 Å². The molecule has 0 amide bonds. The monoisotopic (exact) mass is 983 g/mol. The van der Waals surface area contributed by atoms with Gasteiger partial charge in [-0.25, -0.2) is 13.9 Å². The van der Waals surface area contributed by atoms with Gasteiger partial charge in [0.1, 0.15) is 29.9 Å². The van der Waals surface area contributed by atoms with Crippen molar-refractivity contribution >= 4 is 21.6 Å². The van der Waals surface area contributed by atoms with Crippen molar-refractivity contribution in [2.24, 2.45) is 0 Å². The first-order chi connectivity index (χ1) is 30.3. The summed E-state index contributed by atoms with van der Waals surface area (Å²) in [6.45, 7) is 2.97. The number of unbranched alkanes of at least 4 members (excludes halogenated alkanes) is 25. The van der Waals surface area contributed by atoms with Crippen molar-refractivity contribution in [3.05, 3.63) is 17.8 Å². The molecule has 0 aliphatic carbocycles. The first-order valence-electron chi connectivity index (χ1n) is 24.0. The summed E-state index contributed by atoms with van der Waals surface area (Å²) in [6, 6.07) is 0.193. The van der Waals surface area contributed by atoms with Gasteiger partial charge >= 0.3 is 72.9 Å². The van der Waals surface area contributed by atoms with Crippen LogP contribution in [0.15, 0.2) is 12.3 Å². The average molecular weight is 984 g/mol. The van der Waals surface area contributed by atoms with E-state index < -0.39 is 71.5 Å². The fourth-order valence-electron chi connectivity index (χ4n) is 7.48. The molecule has 1 fully saturated rings. The molecule has 17 nitrogen and oxygen atoms in total. The van der Waals surface area contributed by atoms with Crippen LogP contribution in [0.4, 0.5) is 0 Å². The summed E-state index contributed by atoms with van der Waals surface area (Å²) in [4.78, 5) is 39.1. The molecule has 7 atom stereocenters. The summed E-state index contributed by atoms with van der Waals surface area (Å²) in [5, 5.41) is 40.4. The molecular formula is C44H81N3Na2O14P2. The van der Waals surface area contributed by atoms with E-state index in [1.165, 1.54) is 122 Å². The molecule has 0 bridgehead atoms. The molecule has 2 unspecified atom stereocenters. The maximum absolute atomic E-state index is 12.8. The third-order valence-corrected chi connectivity index (χ3v) is 13.8. The molecule has 0 saturated carbocycles. The smallest absolute Gasteiger partial charge is 0.846 e. The van der Waals surface area contributed by atoms with E-state index in [-0.39, 0.29) is 77.6 Å². The number of aromatic nitrogens is 2. The van der Waals surface area contributed by atoms with E-state index in [0.29, 0.717) is 13.0 Å². The summed E-state index contributed by atoms with van der Waals surface area (Å²) in [7, 11) is -11.0. The minimum atomic E-state index is -5.56. The molecule has 1 saturated heterocycles. The number of ether oxygens (including phenoxy) is 3. The van der Waals surface area contributed by atoms with Gasteiger partial charge < -0.3 is 48.4 Å². The standard InChI is InChI=1S/C44H83N3O14P2.2Na/c1-3-5-7-9-11-13-15-17-19-21-23-25-27-29-33-56-34-37(59-40(48)30-28-26-24-22-20-18-16-14-12-10-8-6-4-2)35-57-62(52,53)61-63(54,55)58-36-38-41(49)42(50)43(60-38)47-32-31-39(45)46-44(47)51;;/h31-32,37-38,41-43,49-50H,3-30,33-36H2,1-2H3,(H,52,53)(H,54,55)(H2,45,46,51);;/q;2*+1/p-2/t37-,38+,41+,42-,43+;;/m0../s1. The maximum Gasteiger partial charge on any atom is 1.00 e. The second-order valence-electron chi connectivity index (χ2n) is 16.9. The molecule has 1 aromatic heterocycles. The molecule has 1 aliphatic heterocycles. The van der Waals surface area contributed by atoms with Crippen LogP contribution < -0.4 is 74.6 Å². The summed E-state index contributed by atoms with van der Waals surface area (Å²) in [6.07, 6.45) is 25.6. The molecule has 4 N–H and O–H groups in total. The first-order valence-corrected chi connectivity index (χ1v) is 27.0. The van der Waals surface area contributed by atoms with Crippen LogP contribution in [0.2, 0.25) is 0 Å². The number of aliphatic hydroxyl groups excluding tert-OH is 2. The Bertz CT molecular complexity index is 1500. The Hall–Kier alpha value is 0.250. The molecule has 65 heavy (non-hydrogen) atoms. The fraction of sp³-hybridized carbons (Fsp3) is 0.886. The van der Waals surface area contributed by atoms with E-state index in [1.54, 1.807) is 0 Å². The summed E-state index contributed by atoms with van der Waals surface area (Å²) < 4.78 is 56.8. The molecule has 0 aromatic carbocycles. The van der Waals surface area contributed by atoms with Crippen molar-refractivity contribution < 1.29 is 126 Å². The van der Waals surface area contributed by atoms with Gasteiger partial charge in [-0.15, -0.1) is 0 Å².